The molecule has 1 aliphatic heterocycles. The largest absolute Gasteiger partial charge is 0.497 e. The molecule has 1 aliphatic rings. The summed E-state index contributed by atoms with van der Waals surface area (Å²) in [4.78, 5) is 27.7. The van der Waals surface area contributed by atoms with E-state index in [1.54, 1.807) is 26.2 Å². The van der Waals surface area contributed by atoms with Crippen molar-refractivity contribution in [3.63, 3.8) is 0 Å². The lowest BCUT2D eigenvalue weighted by Gasteiger charge is -2.29. The number of benzene rings is 3. The Bertz CT molecular complexity index is 1440. The predicted molar refractivity (Wildman–Crippen MR) is 154 cm³/mol. The molecule has 2 atom stereocenters. The Labute approximate surface area is 244 Å². The molecule has 3 aromatic carbocycles. The number of nitrogens with one attached hydrogen (secondary N) is 2. The number of amides is 2. The Morgan fingerprint density at radius 3 is 2.31 bits per heavy atom. The molecule has 0 unspecified atom stereocenters. The second kappa shape index (κ2) is 14.1. The minimum Gasteiger partial charge on any atom is -0.497 e. The lowest BCUT2D eigenvalue weighted by molar-refractivity contribution is -0.142. The zero-order valence-corrected chi connectivity index (χ0v) is 24.2. The molecule has 3 aromatic rings. The number of anilines is 1. The maximum Gasteiger partial charge on any atom is 0.261 e. The Hall–Kier alpha value is -4.16. The molecule has 0 aliphatic carbocycles. The average molecular weight is 600 g/mol. The van der Waals surface area contributed by atoms with Crippen LogP contribution < -0.4 is 19.5 Å². The van der Waals surface area contributed by atoms with Gasteiger partial charge in [0.2, 0.25) is 5.91 Å². The Kier molecular flexibility index (Phi) is 10.4. The third-order valence-electron chi connectivity index (χ3n) is 6.80. The van der Waals surface area contributed by atoms with Gasteiger partial charge in [0, 0.05) is 25.4 Å². The van der Waals surface area contributed by atoms with Crippen molar-refractivity contribution in [2.24, 2.45) is 0 Å². The van der Waals surface area contributed by atoms with Crippen LogP contribution in [-0.2, 0) is 30.9 Å². The van der Waals surface area contributed by atoms with Crippen LogP contribution in [0.1, 0.15) is 25.3 Å². The second-order valence-electron chi connectivity index (χ2n) is 9.80. The second-order valence-corrected chi connectivity index (χ2v) is 11.5. The molecule has 0 aromatic heterocycles. The summed E-state index contributed by atoms with van der Waals surface area (Å²) in [7, 11) is -2.36. The zero-order valence-electron chi connectivity index (χ0n) is 23.4. The molecule has 0 spiro atoms. The fourth-order valence-corrected chi connectivity index (χ4v) is 5.41. The molecule has 1 saturated heterocycles. The highest BCUT2D eigenvalue weighted by molar-refractivity contribution is 7.92. The quantitative estimate of drug-likeness (QED) is 0.307. The number of rotatable bonds is 13. The average Bonchev–Trinajstić information content (AvgIpc) is 3.52. The summed E-state index contributed by atoms with van der Waals surface area (Å²) in [6.07, 6.45) is 1.79. The fraction of sp³-hybridized carbons (Fsp3) is 0.333. The third kappa shape index (κ3) is 8.43. The summed E-state index contributed by atoms with van der Waals surface area (Å²) in [5.41, 5.74) is 1.01. The zero-order chi connectivity index (χ0) is 30.1. The summed E-state index contributed by atoms with van der Waals surface area (Å²) in [6.45, 7) is 2.48. The van der Waals surface area contributed by atoms with E-state index in [1.165, 1.54) is 41.3 Å². The Morgan fingerprint density at radius 1 is 1.02 bits per heavy atom. The number of sulfonamides is 1. The summed E-state index contributed by atoms with van der Waals surface area (Å²) >= 11 is 0. The van der Waals surface area contributed by atoms with Gasteiger partial charge in [-0.3, -0.25) is 14.3 Å². The van der Waals surface area contributed by atoms with Gasteiger partial charge in [0.1, 0.15) is 23.4 Å². The summed E-state index contributed by atoms with van der Waals surface area (Å²) in [5, 5.41) is 2.88. The van der Waals surface area contributed by atoms with Gasteiger partial charge in [0.05, 0.1) is 18.1 Å². The first-order valence-electron chi connectivity index (χ1n) is 13.5. The van der Waals surface area contributed by atoms with E-state index in [0.717, 1.165) is 30.5 Å². The highest BCUT2D eigenvalue weighted by Gasteiger charge is 2.27. The molecule has 1 heterocycles. The number of methoxy groups -OCH3 is 1. The highest BCUT2D eigenvalue weighted by atomic mass is 32.2. The number of carbonyl (C=O) groups is 2. The van der Waals surface area contributed by atoms with Crippen LogP contribution in [0.5, 0.6) is 11.5 Å². The van der Waals surface area contributed by atoms with Crippen molar-refractivity contribution < 1.29 is 36.6 Å². The lowest BCUT2D eigenvalue weighted by atomic mass is 10.1. The molecule has 12 heteroatoms. The van der Waals surface area contributed by atoms with Crippen molar-refractivity contribution in [1.29, 1.82) is 0 Å². The maximum atomic E-state index is 13.3. The van der Waals surface area contributed by atoms with Gasteiger partial charge in [0.25, 0.3) is 15.9 Å². The van der Waals surface area contributed by atoms with E-state index in [9.17, 15) is 22.4 Å². The number of halogens is 1. The van der Waals surface area contributed by atoms with Gasteiger partial charge in [0.15, 0.2) is 6.61 Å². The first-order valence-corrected chi connectivity index (χ1v) is 15.0. The van der Waals surface area contributed by atoms with Crippen LogP contribution in [0.25, 0.3) is 0 Å². The van der Waals surface area contributed by atoms with Gasteiger partial charge in [-0.15, -0.1) is 0 Å². The molecule has 0 saturated carbocycles. The van der Waals surface area contributed by atoms with E-state index in [4.69, 9.17) is 14.2 Å². The van der Waals surface area contributed by atoms with E-state index < -0.39 is 27.8 Å². The van der Waals surface area contributed by atoms with Crippen molar-refractivity contribution in [1.82, 2.24) is 10.2 Å². The Balaban J connectivity index is 1.40. The van der Waals surface area contributed by atoms with Crippen LogP contribution >= 0.6 is 0 Å². The monoisotopic (exact) mass is 599 g/mol. The van der Waals surface area contributed by atoms with Gasteiger partial charge < -0.3 is 24.4 Å². The molecule has 0 bridgehead atoms. The standard InChI is InChI=1S/C30H34FN3O7S/c1-21(30(36)32-18-27-4-3-17-40-27)34(19-22-5-11-25(39-2)12-6-22)29(35)20-41-26-13-15-28(16-14-26)42(37,38)33-24-9-7-23(31)8-10-24/h5-16,21,27,33H,3-4,17-20H2,1-2H3,(H,32,36)/t21-,27-/m1/s1. The minimum absolute atomic E-state index is 0.0344. The third-order valence-corrected chi connectivity index (χ3v) is 8.20. The smallest absolute Gasteiger partial charge is 0.261 e. The molecule has 0 radical (unpaired) electrons. The van der Waals surface area contributed by atoms with Crippen molar-refractivity contribution in [3.8, 4) is 11.5 Å². The molecular formula is C30H34FN3O7S. The SMILES string of the molecule is COc1ccc(CN(C(=O)COc2ccc(S(=O)(=O)Nc3ccc(F)cc3)cc2)[C@H](C)C(=O)NC[C@H]2CCCO2)cc1. The van der Waals surface area contributed by atoms with Crippen molar-refractivity contribution >= 4 is 27.5 Å². The number of ether oxygens (including phenoxy) is 3. The maximum absolute atomic E-state index is 13.3. The molecule has 224 valence electrons. The molecule has 42 heavy (non-hydrogen) atoms. The molecular weight excluding hydrogens is 565 g/mol. The number of hydrogen-bond donors (Lipinski definition) is 2. The predicted octanol–water partition coefficient (Wildman–Crippen LogP) is 3.73. The van der Waals surface area contributed by atoms with E-state index in [0.29, 0.717) is 18.9 Å². The molecule has 4 rings (SSSR count). The fourth-order valence-electron chi connectivity index (χ4n) is 4.35. The van der Waals surface area contributed by atoms with Crippen molar-refractivity contribution in [2.75, 3.05) is 31.6 Å². The Morgan fingerprint density at radius 2 is 1.69 bits per heavy atom. The van der Waals surface area contributed by atoms with Gasteiger partial charge in [-0.2, -0.15) is 0 Å². The topological polar surface area (TPSA) is 123 Å². The molecule has 10 nitrogen and oxygen atoms in total. The number of carbonyl (C=O) groups excluding carboxylic acids is 2. The van der Waals surface area contributed by atoms with Crippen LogP contribution in [0, 0.1) is 5.82 Å². The van der Waals surface area contributed by atoms with E-state index in [2.05, 4.69) is 10.0 Å². The molecule has 1 fully saturated rings. The van der Waals surface area contributed by atoms with Crippen LogP contribution in [0.3, 0.4) is 0 Å². The van der Waals surface area contributed by atoms with E-state index in [1.807, 2.05) is 12.1 Å². The first-order chi connectivity index (χ1) is 20.1. The first kappa shape index (κ1) is 30.8. The van der Waals surface area contributed by atoms with Gasteiger partial charge in [-0.25, -0.2) is 12.8 Å². The van der Waals surface area contributed by atoms with Gasteiger partial charge >= 0.3 is 0 Å². The highest BCUT2D eigenvalue weighted by Crippen LogP contribution is 2.21. The van der Waals surface area contributed by atoms with Crippen LogP contribution in [0.2, 0.25) is 0 Å². The van der Waals surface area contributed by atoms with Crippen molar-refractivity contribution in [3.05, 3.63) is 84.2 Å². The molecule has 2 N–H and O–H groups in total. The summed E-state index contributed by atoms with van der Waals surface area (Å²) < 4.78 is 57.3. The normalized spacial score (nSPS) is 15.5. The van der Waals surface area contributed by atoms with Crippen LogP contribution in [-0.4, -0.2) is 64.1 Å². The van der Waals surface area contributed by atoms with Crippen LogP contribution in [0.15, 0.2) is 77.7 Å². The van der Waals surface area contributed by atoms with Gasteiger partial charge in [-0.1, -0.05) is 12.1 Å². The lowest BCUT2D eigenvalue weighted by Crippen LogP contribution is -2.50. The van der Waals surface area contributed by atoms with Crippen molar-refractivity contribution in [2.45, 2.75) is 43.4 Å². The van der Waals surface area contributed by atoms with Gasteiger partial charge in [-0.05, 0) is 86.0 Å². The van der Waals surface area contributed by atoms with Crippen LogP contribution in [0.4, 0.5) is 10.1 Å². The minimum atomic E-state index is -3.93. The summed E-state index contributed by atoms with van der Waals surface area (Å²) in [6, 6.07) is 16.8. The van der Waals surface area contributed by atoms with E-state index in [-0.39, 0.29) is 41.5 Å². The number of nitrogens with zero attached hydrogens (tertiary/aromatic N) is 1. The van der Waals surface area contributed by atoms with E-state index >= 15 is 0 Å². The molecule has 2 amide bonds. The number of hydrogen-bond acceptors (Lipinski definition) is 7. The summed E-state index contributed by atoms with van der Waals surface area (Å²) in [5.74, 6) is -0.286.